The maximum atomic E-state index is 9.03. The van der Waals surface area contributed by atoms with Gasteiger partial charge in [-0.25, -0.2) is 0 Å². The Morgan fingerprint density at radius 3 is 3.18 bits per heavy atom. The summed E-state index contributed by atoms with van der Waals surface area (Å²) in [4.78, 5) is 2.37. The van der Waals surface area contributed by atoms with Crippen LogP contribution in [0.1, 0.15) is 19.2 Å². The molecule has 6 nitrogen and oxygen atoms in total. The largest absolute Gasteiger partial charge is 0.396 e. The molecule has 0 saturated heterocycles. The van der Waals surface area contributed by atoms with E-state index in [1.165, 1.54) is 0 Å². The van der Waals surface area contributed by atoms with Gasteiger partial charge in [-0.1, -0.05) is 6.92 Å². The number of hydrogen-bond donors (Lipinski definition) is 2. The van der Waals surface area contributed by atoms with E-state index in [9.17, 15) is 0 Å². The van der Waals surface area contributed by atoms with Crippen LogP contribution < -0.4 is 5.32 Å². The molecule has 6 heteroatoms. The molecule has 1 unspecified atom stereocenters. The quantitative estimate of drug-likeness (QED) is 0.697. The maximum absolute atomic E-state index is 9.03. The fourth-order valence-corrected chi connectivity index (χ4v) is 2.29. The van der Waals surface area contributed by atoms with Crippen molar-refractivity contribution in [2.75, 3.05) is 26.2 Å². The molecule has 0 saturated carbocycles. The van der Waals surface area contributed by atoms with Crippen molar-refractivity contribution in [2.24, 2.45) is 0 Å². The predicted molar refractivity (Wildman–Crippen MR) is 64.5 cm³/mol. The lowest BCUT2D eigenvalue weighted by Crippen LogP contribution is -2.44. The summed E-state index contributed by atoms with van der Waals surface area (Å²) in [7, 11) is 0. The molecular formula is C11H21N5O. The fraction of sp³-hybridized carbons (Fsp3) is 0.818. The van der Waals surface area contributed by atoms with Crippen molar-refractivity contribution in [3.63, 3.8) is 0 Å². The molecule has 0 radical (unpaired) electrons. The molecule has 17 heavy (non-hydrogen) atoms. The lowest BCUT2D eigenvalue weighted by molar-refractivity contribution is 0.177. The zero-order chi connectivity index (χ0) is 12.1. The van der Waals surface area contributed by atoms with Gasteiger partial charge in [0.1, 0.15) is 12.2 Å². The average molecular weight is 239 g/mol. The normalized spacial score (nSPS) is 18.0. The van der Waals surface area contributed by atoms with Crippen LogP contribution in [0.4, 0.5) is 0 Å². The van der Waals surface area contributed by atoms with Gasteiger partial charge in [0.05, 0.1) is 6.54 Å². The average Bonchev–Trinajstić information content (AvgIpc) is 2.77. The van der Waals surface area contributed by atoms with Gasteiger partial charge in [-0.2, -0.15) is 0 Å². The highest BCUT2D eigenvalue weighted by Crippen LogP contribution is 2.10. The third kappa shape index (κ3) is 3.24. The molecule has 96 valence electrons. The van der Waals surface area contributed by atoms with E-state index < -0.39 is 0 Å². The van der Waals surface area contributed by atoms with Crippen LogP contribution in [0.15, 0.2) is 6.33 Å². The number of hydrogen-bond acceptors (Lipinski definition) is 5. The molecule has 1 aromatic rings. The third-order valence-corrected chi connectivity index (χ3v) is 3.17. The molecule has 0 bridgehead atoms. The van der Waals surface area contributed by atoms with Gasteiger partial charge >= 0.3 is 0 Å². The number of nitrogens with one attached hydrogen (secondary N) is 1. The Morgan fingerprint density at radius 1 is 1.53 bits per heavy atom. The van der Waals surface area contributed by atoms with Gasteiger partial charge < -0.3 is 15.0 Å². The standard InChI is InChI=1S/C11H21N5O/c1-2-12-10(3-6-17)7-15-4-5-16-9-13-14-11(16)8-15/h9-10,12,17H,2-8H2,1H3. The van der Waals surface area contributed by atoms with Crippen LogP contribution in [-0.4, -0.2) is 57.1 Å². The molecule has 1 aromatic heterocycles. The molecule has 2 rings (SSSR count). The Morgan fingerprint density at radius 2 is 2.41 bits per heavy atom. The van der Waals surface area contributed by atoms with Gasteiger partial charge in [-0.05, 0) is 13.0 Å². The minimum atomic E-state index is 0.238. The number of nitrogens with zero attached hydrogens (tertiary/aromatic N) is 4. The van der Waals surface area contributed by atoms with Crippen LogP contribution in [-0.2, 0) is 13.1 Å². The second kappa shape index (κ2) is 6.09. The highest BCUT2D eigenvalue weighted by Gasteiger charge is 2.19. The minimum absolute atomic E-state index is 0.238. The lowest BCUT2D eigenvalue weighted by Gasteiger charge is -2.30. The molecule has 0 aromatic carbocycles. The maximum Gasteiger partial charge on any atom is 0.147 e. The first-order valence-electron chi connectivity index (χ1n) is 6.26. The Balaban J connectivity index is 1.87. The first-order chi connectivity index (χ1) is 8.33. The number of aromatic nitrogens is 3. The Bertz CT molecular complexity index is 334. The van der Waals surface area contributed by atoms with Crippen molar-refractivity contribution in [1.29, 1.82) is 0 Å². The topological polar surface area (TPSA) is 66.2 Å². The van der Waals surface area contributed by atoms with E-state index in [2.05, 4.69) is 31.9 Å². The highest BCUT2D eigenvalue weighted by atomic mass is 16.3. The van der Waals surface area contributed by atoms with Crippen LogP contribution in [0.5, 0.6) is 0 Å². The summed E-state index contributed by atoms with van der Waals surface area (Å²) in [5.41, 5.74) is 0. The molecule has 1 aliphatic heterocycles. The monoisotopic (exact) mass is 239 g/mol. The fourth-order valence-electron chi connectivity index (χ4n) is 2.29. The second-order valence-electron chi connectivity index (χ2n) is 4.44. The SMILES string of the molecule is CCNC(CCO)CN1CCn2cnnc2C1. The Labute approximate surface area is 102 Å². The van der Waals surface area contributed by atoms with Gasteiger partial charge in [0.15, 0.2) is 0 Å². The van der Waals surface area contributed by atoms with Gasteiger partial charge in [0, 0.05) is 32.3 Å². The van der Waals surface area contributed by atoms with Crippen LogP contribution in [0.3, 0.4) is 0 Å². The Hall–Kier alpha value is -0.980. The van der Waals surface area contributed by atoms with Crippen molar-refractivity contribution in [3.8, 4) is 0 Å². The van der Waals surface area contributed by atoms with Crippen molar-refractivity contribution in [2.45, 2.75) is 32.5 Å². The summed E-state index contributed by atoms with van der Waals surface area (Å²) >= 11 is 0. The summed E-state index contributed by atoms with van der Waals surface area (Å²) in [6, 6.07) is 0.361. The van der Waals surface area contributed by atoms with Crippen LogP contribution >= 0.6 is 0 Å². The molecule has 0 spiro atoms. The Kier molecular flexibility index (Phi) is 4.47. The predicted octanol–water partition coefficient (Wildman–Crippen LogP) is -0.546. The molecule has 0 aliphatic carbocycles. The van der Waals surface area contributed by atoms with E-state index in [1.807, 2.05) is 0 Å². The summed E-state index contributed by atoms with van der Waals surface area (Å²) in [6.45, 7) is 7.07. The van der Waals surface area contributed by atoms with Crippen molar-refractivity contribution < 1.29 is 5.11 Å². The number of fused-ring (bicyclic) bond motifs is 1. The summed E-state index contributed by atoms with van der Waals surface area (Å²) in [6.07, 6.45) is 2.60. The van der Waals surface area contributed by atoms with Gasteiger partial charge in [-0.15, -0.1) is 10.2 Å². The number of likely N-dealkylation sites (N-methyl/N-ethyl adjacent to an activating group) is 1. The van der Waals surface area contributed by atoms with Gasteiger partial charge in [0.25, 0.3) is 0 Å². The van der Waals surface area contributed by atoms with Crippen LogP contribution in [0, 0.1) is 0 Å². The lowest BCUT2D eigenvalue weighted by atomic mass is 10.2. The van der Waals surface area contributed by atoms with Gasteiger partial charge in [-0.3, -0.25) is 4.90 Å². The second-order valence-corrected chi connectivity index (χ2v) is 4.44. The smallest absolute Gasteiger partial charge is 0.147 e. The first-order valence-corrected chi connectivity index (χ1v) is 6.26. The van der Waals surface area contributed by atoms with E-state index in [0.29, 0.717) is 6.04 Å². The van der Waals surface area contributed by atoms with Crippen molar-refractivity contribution >= 4 is 0 Å². The van der Waals surface area contributed by atoms with E-state index >= 15 is 0 Å². The molecule has 1 atom stereocenters. The highest BCUT2D eigenvalue weighted by molar-refractivity contribution is 4.90. The molecular weight excluding hydrogens is 218 g/mol. The third-order valence-electron chi connectivity index (χ3n) is 3.17. The van der Waals surface area contributed by atoms with Crippen LogP contribution in [0.2, 0.25) is 0 Å². The summed E-state index contributed by atoms with van der Waals surface area (Å²) in [5.74, 6) is 1.04. The van der Waals surface area contributed by atoms with Crippen molar-refractivity contribution in [3.05, 3.63) is 12.2 Å². The van der Waals surface area contributed by atoms with E-state index in [1.54, 1.807) is 6.33 Å². The number of aliphatic hydroxyl groups excluding tert-OH is 1. The molecule has 2 N–H and O–H groups in total. The summed E-state index contributed by atoms with van der Waals surface area (Å²) < 4.78 is 2.10. The zero-order valence-electron chi connectivity index (χ0n) is 10.3. The molecule has 0 fully saturated rings. The van der Waals surface area contributed by atoms with Crippen LogP contribution in [0.25, 0.3) is 0 Å². The summed E-state index contributed by atoms with van der Waals surface area (Å²) in [5, 5.41) is 20.5. The first kappa shape index (κ1) is 12.5. The number of aliphatic hydroxyl groups is 1. The van der Waals surface area contributed by atoms with Crippen molar-refractivity contribution in [1.82, 2.24) is 25.0 Å². The molecule has 1 aliphatic rings. The van der Waals surface area contributed by atoms with E-state index in [0.717, 1.165) is 45.0 Å². The minimum Gasteiger partial charge on any atom is -0.396 e. The molecule has 0 amide bonds. The zero-order valence-corrected chi connectivity index (χ0v) is 10.3. The number of rotatable bonds is 6. The van der Waals surface area contributed by atoms with Gasteiger partial charge in [0.2, 0.25) is 0 Å². The molecule has 2 heterocycles. The van der Waals surface area contributed by atoms with E-state index in [4.69, 9.17) is 5.11 Å². The van der Waals surface area contributed by atoms with E-state index in [-0.39, 0.29) is 6.61 Å².